The summed E-state index contributed by atoms with van der Waals surface area (Å²) in [6, 6.07) is 7.97. The monoisotopic (exact) mass is 457 g/mol. The van der Waals surface area contributed by atoms with Crippen molar-refractivity contribution in [2.75, 3.05) is 13.7 Å². The first kappa shape index (κ1) is 19.2. The number of aromatic nitrogens is 3. The molecule has 0 spiro atoms. The first-order valence-electron chi connectivity index (χ1n) is 7.46. The van der Waals surface area contributed by atoms with Gasteiger partial charge in [0.15, 0.2) is 12.4 Å². The van der Waals surface area contributed by atoms with E-state index in [-0.39, 0.29) is 28.1 Å². The second-order valence-corrected chi connectivity index (χ2v) is 6.57. The van der Waals surface area contributed by atoms with Gasteiger partial charge in [0.2, 0.25) is 0 Å². The van der Waals surface area contributed by atoms with Crippen LogP contribution >= 0.6 is 27.5 Å². The SMILES string of the molecule is COC(=O)COc1nc(-c2ccc(Br)cc2F)n(-c2ccc(Cl)cc2F)n1. The molecule has 0 aliphatic rings. The quantitative estimate of drug-likeness (QED) is 0.537. The molecule has 1 aromatic heterocycles. The van der Waals surface area contributed by atoms with Gasteiger partial charge in [0, 0.05) is 9.50 Å². The first-order chi connectivity index (χ1) is 12.9. The van der Waals surface area contributed by atoms with Crippen LogP contribution < -0.4 is 4.74 Å². The third-order valence-corrected chi connectivity index (χ3v) is 4.17. The summed E-state index contributed by atoms with van der Waals surface area (Å²) in [6.07, 6.45) is 0. The lowest BCUT2D eigenvalue weighted by Crippen LogP contribution is -2.13. The number of hydrogen-bond donors (Lipinski definition) is 0. The number of esters is 1. The molecule has 1 heterocycles. The zero-order valence-corrected chi connectivity index (χ0v) is 16.1. The van der Waals surface area contributed by atoms with E-state index in [2.05, 4.69) is 30.7 Å². The van der Waals surface area contributed by atoms with Crippen molar-refractivity contribution in [3.63, 3.8) is 0 Å². The molecule has 0 amide bonds. The molecule has 10 heteroatoms. The third-order valence-electron chi connectivity index (χ3n) is 3.44. The molecule has 0 N–H and O–H groups in total. The van der Waals surface area contributed by atoms with Gasteiger partial charge in [0.1, 0.15) is 17.3 Å². The number of benzene rings is 2. The van der Waals surface area contributed by atoms with Gasteiger partial charge >= 0.3 is 12.0 Å². The topological polar surface area (TPSA) is 66.2 Å². The Hall–Kier alpha value is -2.52. The summed E-state index contributed by atoms with van der Waals surface area (Å²) >= 11 is 8.96. The highest BCUT2D eigenvalue weighted by atomic mass is 79.9. The van der Waals surface area contributed by atoms with Crippen molar-refractivity contribution in [2.45, 2.75) is 0 Å². The van der Waals surface area contributed by atoms with Crippen LogP contribution in [0.15, 0.2) is 40.9 Å². The normalized spacial score (nSPS) is 10.7. The molecule has 6 nitrogen and oxygen atoms in total. The zero-order chi connectivity index (χ0) is 19.6. The maximum Gasteiger partial charge on any atom is 0.344 e. The molecular formula is C17H11BrClF2N3O3. The maximum atomic E-state index is 14.4. The fourth-order valence-electron chi connectivity index (χ4n) is 2.20. The summed E-state index contributed by atoms with van der Waals surface area (Å²) in [5, 5.41) is 4.22. The number of halogens is 4. The predicted octanol–water partition coefficient (Wildman–Crippen LogP) is 4.18. The summed E-state index contributed by atoms with van der Waals surface area (Å²) in [5.41, 5.74) is 0.0464. The van der Waals surface area contributed by atoms with Crippen molar-refractivity contribution >= 4 is 33.5 Å². The Kier molecular flexibility index (Phi) is 5.71. The first-order valence-corrected chi connectivity index (χ1v) is 8.63. The minimum Gasteiger partial charge on any atom is -0.466 e. The molecule has 0 unspecified atom stereocenters. The summed E-state index contributed by atoms with van der Waals surface area (Å²) < 4.78 is 40.0. The van der Waals surface area contributed by atoms with Gasteiger partial charge in [-0.05, 0) is 36.4 Å². The minimum absolute atomic E-state index is 0.0129. The summed E-state index contributed by atoms with van der Waals surface area (Å²) in [6.45, 7) is -0.453. The van der Waals surface area contributed by atoms with E-state index < -0.39 is 24.2 Å². The number of rotatable bonds is 5. The lowest BCUT2D eigenvalue weighted by molar-refractivity contribution is -0.143. The molecule has 0 aliphatic heterocycles. The van der Waals surface area contributed by atoms with E-state index in [4.69, 9.17) is 16.3 Å². The lowest BCUT2D eigenvalue weighted by atomic mass is 10.2. The van der Waals surface area contributed by atoms with Gasteiger partial charge in [-0.1, -0.05) is 27.5 Å². The Morgan fingerprint density at radius 1 is 1.22 bits per heavy atom. The van der Waals surface area contributed by atoms with E-state index in [1.54, 1.807) is 6.07 Å². The van der Waals surface area contributed by atoms with E-state index in [1.807, 2.05) is 0 Å². The van der Waals surface area contributed by atoms with Crippen molar-refractivity contribution in [3.05, 3.63) is 57.5 Å². The smallest absolute Gasteiger partial charge is 0.344 e. The van der Waals surface area contributed by atoms with Gasteiger partial charge in [0.25, 0.3) is 0 Å². The van der Waals surface area contributed by atoms with E-state index in [9.17, 15) is 13.6 Å². The molecule has 27 heavy (non-hydrogen) atoms. The fourth-order valence-corrected chi connectivity index (χ4v) is 2.69. The van der Waals surface area contributed by atoms with E-state index in [1.165, 1.54) is 31.4 Å². The van der Waals surface area contributed by atoms with Crippen LogP contribution in [0.25, 0.3) is 17.1 Å². The summed E-state index contributed by atoms with van der Waals surface area (Å²) in [4.78, 5) is 15.3. The van der Waals surface area contributed by atoms with Crippen LogP contribution in [0.1, 0.15) is 0 Å². The largest absolute Gasteiger partial charge is 0.466 e. The molecule has 3 rings (SSSR count). The molecule has 0 radical (unpaired) electrons. The molecule has 0 atom stereocenters. The third kappa shape index (κ3) is 4.25. The minimum atomic E-state index is -0.689. The molecule has 0 saturated heterocycles. The van der Waals surface area contributed by atoms with Gasteiger partial charge in [-0.2, -0.15) is 4.98 Å². The van der Waals surface area contributed by atoms with Crippen LogP contribution in [-0.2, 0) is 9.53 Å². The highest BCUT2D eigenvalue weighted by Gasteiger charge is 2.20. The highest BCUT2D eigenvalue weighted by Crippen LogP contribution is 2.29. The van der Waals surface area contributed by atoms with Crippen LogP contribution in [-0.4, -0.2) is 34.5 Å². The molecule has 0 aliphatic carbocycles. The Bertz CT molecular complexity index is 944. The predicted molar refractivity (Wildman–Crippen MR) is 96.9 cm³/mol. The van der Waals surface area contributed by atoms with Crippen molar-refractivity contribution < 1.29 is 23.0 Å². The van der Waals surface area contributed by atoms with Crippen LogP contribution in [0.2, 0.25) is 5.02 Å². The second kappa shape index (κ2) is 8.01. The molecular weight excluding hydrogens is 448 g/mol. The average Bonchev–Trinajstić information content (AvgIpc) is 3.03. The molecule has 0 saturated carbocycles. The van der Waals surface area contributed by atoms with Gasteiger partial charge < -0.3 is 9.47 Å². The average molecular weight is 459 g/mol. The number of ether oxygens (including phenoxy) is 2. The number of carbonyl (C=O) groups is 1. The van der Waals surface area contributed by atoms with Gasteiger partial charge in [0.05, 0.1) is 12.7 Å². The van der Waals surface area contributed by atoms with Crippen molar-refractivity contribution in [1.29, 1.82) is 0 Å². The molecule has 140 valence electrons. The highest BCUT2D eigenvalue weighted by molar-refractivity contribution is 9.10. The lowest BCUT2D eigenvalue weighted by Gasteiger charge is -2.08. The number of methoxy groups -OCH3 is 1. The van der Waals surface area contributed by atoms with Crippen molar-refractivity contribution in [1.82, 2.24) is 14.8 Å². The fraction of sp³-hybridized carbons (Fsp3) is 0.118. The van der Waals surface area contributed by atoms with Gasteiger partial charge in [-0.3, -0.25) is 0 Å². The van der Waals surface area contributed by atoms with E-state index in [0.717, 1.165) is 10.7 Å². The second-order valence-electron chi connectivity index (χ2n) is 5.21. The zero-order valence-electron chi connectivity index (χ0n) is 13.7. The standard InChI is InChI=1S/C17H11BrClF2N3O3/c1-26-15(25)8-27-17-22-16(11-4-2-9(18)6-12(11)20)24(23-17)14-5-3-10(19)7-13(14)21/h2-7H,8H2,1H3. The number of nitrogens with zero attached hydrogens (tertiary/aromatic N) is 3. The van der Waals surface area contributed by atoms with E-state index in [0.29, 0.717) is 4.47 Å². The Morgan fingerprint density at radius 2 is 2.00 bits per heavy atom. The van der Waals surface area contributed by atoms with Crippen LogP contribution in [0.3, 0.4) is 0 Å². The molecule has 2 aromatic carbocycles. The van der Waals surface area contributed by atoms with Crippen LogP contribution in [0.5, 0.6) is 6.01 Å². The van der Waals surface area contributed by atoms with Crippen LogP contribution in [0.4, 0.5) is 8.78 Å². The number of hydrogen-bond acceptors (Lipinski definition) is 5. The van der Waals surface area contributed by atoms with Gasteiger partial charge in [-0.15, -0.1) is 5.10 Å². The van der Waals surface area contributed by atoms with Crippen molar-refractivity contribution in [2.24, 2.45) is 0 Å². The molecule has 0 fully saturated rings. The van der Waals surface area contributed by atoms with Gasteiger partial charge in [-0.25, -0.2) is 18.3 Å². The molecule has 3 aromatic rings. The number of carbonyl (C=O) groups excluding carboxylic acids is 1. The van der Waals surface area contributed by atoms with Crippen molar-refractivity contribution in [3.8, 4) is 23.1 Å². The Balaban J connectivity index is 2.11. The maximum absolute atomic E-state index is 14.4. The summed E-state index contributed by atoms with van der Waals surface area (Å²) in [7, 11) is 1.20. The Labute approximate surface area is 165 Å². The Morgan fingerprint density at radius 3 is 2.67 bits per heavy atom. The molecule has 0 bridgehead atoms. The van der Waals surface area contributed by atoms with E-state index >= 15 is 0 Å². The van der Waals surface area contributed by atoms with Crippen LogP contribution in [0, 0.1) is 11.6 Å². The summed E-state index contributed by atoms with van der Waals surface area (Å²) in [5.74, 6) is -1.96.